The van der Waals surface area contributed by atoms with Crippen LogP contribution >= 0.6 is 0 Å². The molecule has 0 bridgehead atoms. The number of amidine groups is 1. The molecule has 12 heavy (non-hydrogen) atoms. The van der Waals surface area contributed by atoms with Crippen molar-refractivity contribution in [3.63, 3.8) is 0 Å². The minimum atomic E-state index is -0.113. The summed E-state index contributed by atoms with van der Waals surface area (Å²) < 4.78 is 0. The molecule has 1 aliphatic heterocycles. The molecule has 5 nitrogen and oxygen atoms in total. The highest BCUT2D eigenvalue weighted by atomic mass is 16.2. The molecule has 0 aliphatic carbocycles. The molecule has 1 amide bonds. The van der Waals surface area contributed by atoms with Crippen molar-refractivity contribution in [2.75, 3.05) is 6.54 Å². The van der Waals surface area contributed by atoms with E-state index in [1.165, 1.54) is 0 Å². The van der Waals surface area contributed by atoms with Crippen molar-refractivity contribution in [3.05, 3.63) is 24.3 Å². The molecule has 1 aromatic rings. The largest absolute Gasteiger partial charge is 0.306 e. The highest BCUT2D eigenvalue weighted by molar-refractivity contribution is 6.10. The quantitative estimate of drug-likeness (QED) is 0.596. The summed E-state index contributed by atoms with van der Waals surface area (Å²) in [6.45, 7) is 0.174. The first-order valence-electron chi connectivity index (χ1n) is 3.48. The first kappa shape index (κ1) is 6.90. The number of rotatable bonds is 1. The van der Waals surface area contributed by atoms with Crippen LogP contribution in [0.4, 0.5) is 0 Å². The van der Waals surface area contributed by atoms with Gasteiger partial charge in [0.15, 0.2) is 11.7 Å². The van der Waals surface area contributed by atoms with E-state index in [0.29, 0.717) is 11.7 Å². The average Bonchev–Trinajstić information content (AvgIpc) is 2.54. The molecule has 0 atom stereocenters. The van der Waals surface area contributed by atoms with Gasteiger partial charge >= 0.3 is 0 Å². The Kier molecular flexibility index (Phi) is 1.55. The number of carbonyl (C=O) groups excluding carboxylic acids is 1. The van der Waals surface area contributed by atoms with Crippen molar-refractivity contribution in [2.24, 2.45) is 4.99 Å². The van der Waals surface area contributed by atoms with Crippen LogP contribution in [0.3, 0.4) is 0 Å². The van der Waals surface area contributed by atoms with Gasteiger partial charge in [-0.2, -0.15) is 0 Å². The number of hydrogen-bond acceptors (Lipinski definition) is 4. The van der Waals surface area contributed by atoms with Gasteiger partial charge in [0.1, 0.15) is 6.54 Å². The lowest BCUT2D eigenvalue weighted by Crippen LogP contribution is -2.26. The van der Waals surface area contributed by atoms with Crippen molar-refractivity contribution in [1.29, 1.82) is 0 Å². The van der Waals surface area contributed by atoms with Crippen molar-refractivity contribution < 1.29 is 4.79 Å². The summed E-state index contributed by atoms with van der Waals surface area (Å²) in [4.78, 5) is 22.5. The number of nitrogens with one attached hydrogen (secondary N) is 1. The Bertz CT molecular complexity index is 333. The monoisotopic (exact) mass is 162 g/mol. The summed E-state index contributed by atoms with van der Waals surface area (Å²) >= 11 is 0. The van der Waals surface area contributed by atoms with Crippen LogP contribution in [-0.2, 0) is 4.79 Å². The van der Waals surface area contributed by atoms with Crippen LogP contribution in [0.15, 0.2) is 23.5 Å². The van der Waals surface area contributed by atoms with Crippen molar-refractivity contribution in [1.82, 2.24) is 15.3 Å². The maximum Gasteiger partial charge on any atom is 0.247 e. The van der Waals surface area contributed by atoms with E-state index in [4.69, 9.17) is 0 Å². The third kappa shape index (κ3) is 1.16. The standard InChI is InChI=1S/C7H6N4O/c12-5-4-10-7(11-5)6-8-2-1-3-9-6/h1-3H,4H2,(H,10,11,12). The zero-order valence-corrected chi connectivity index (χ0v) is 6.19. The highest BCUT2D eigenvalue weighted by Gasteiger charge is 2.16. The molecule has 0 radical (unpaired) electrons. The van der Waals surface area contributed by atoms with Gasteiger partial charge < -0.3 is 5.32 Å². The van der Waals surface area contributed by atoms with Gasteiger partial charge in [-0.25, -0.2) is 9.97 Å². The molecule has 1 aromatic heterocycles. The average molecular weight is 162 g/mol. The zero-order valence-electron chi connectivity index (χ0n) is 6.19. The molecule has 0 spiro atoms. The van der Waals surface area contributed by atoms with Crippen LogP contribution < -0.4 is 5.32 Å². The second-order valence-electron chi connectivity index (χ2n) is 2.29. The Morgan fingerprint density at radius 1 is 1.33 bits per heavy atom. The fourth-order valence-electron chi connectivity index (χ4n) is 0.910. The van der Waals surface area contributed by atoms with Gasteiger partial charge in [-0.1, -0.05) is 0 Å². The normalized spacial score (nSPS) is 15.7. The zero-order chi connectivity index (χ0) is 8.39. The van der Waals surface area contributed by atoms with E-state index < -0.39 is 0 Å². The van der Waals surface area contributed by atoms with Gasteiger partial charge in [-0.05, 0) is 6.07 Å². The molecule has 0 saturated carbocycles. The van der Waals surface area contributed by atoms with Crippen LogP contribution in [0.1, 0.15) is 5.82 Å². The first-order chi connectivity index (χ1) is 5.86. The molecule has 60 valence electrons. The Balaban J connectivity index is 2.28. The molecular weight excluding hydrogens is 156 g/mol. The Hall–Kier alpha value is -1.78. The molecular formula is C7H6N4O. The first-order valence-corrected chi connectivity index (χ1v) is 3.48. The van der Waals surface area contributed by atoms with Crippen molar-refractivity contribution in [2.45, 2.75) is 0 Å². The van der Waals surface area contributed by atoms with E-state index >= 15 is 0 Å². The van der Waals surface area contributed by atoms with Gasteiger partial charge in [0.25, 0.3) is 0 Å². The minimum absolute atomic E-state index is 0.113. The van der Waals surface area contributed by atoms with Crippen molar-refractivity contribution >= 4 is 11.7 Å². The fourth-order valence-corrected chi connectivity index (χ4v) is 0.910. The summed E-state index contributed by atoms with van der Waals surface area (Å²) in [6.07, 6.45) is 3.21. The maximum absolute atomic E-state index is 10.7. The van der Waals surface area contributed by atoms with E-state index in [2.05, 4.69) is 20.3 Å². The lowest BCUT2D eigenvalue weighted by molar-refractivity contribution is -0.117. The maximum atomic E-state index is 10.7. The second-order valence-corrected chi connectivity index (χ2v) is 2.29. The van der Waals surface area contributed by atoms with Crippen LogP contribution in [0.5, 0.6) is 0 Å². The third-order valence-corrected chi connectivity index (χ3v) is 1.42. The van der Waals surface area contributed by atoms with Crippen LogP contribution in [-0.4, -0.2) is 28.3 Å². The number of carbonyl (C=O) groups is 1. The number of aromatic nitrogens is 2. The predicted octanol–water partition coefficient (Wildman–Crippen LogP) is -0.647. The van der Waals surface area contributed by atoms with Crippen LogP contribution in [0.25, 0.3) is 0 Å². The van der Waals surface area contributed by atoms with Gasteiger partial charge in [0, 0.05) is 12.4 Å². The third-order valence-electron chi connectivity index (χ3n) is 1.42. The highest BCUT2D eigenvalue weighted by Crippen LogP contribution is 1.94. The number of aliphatic imine (C=N–C) groups is 1. The molecule has 0 unspecified atom stereocenters. The molecule has 1 aliphatic rings. The SMILES string of the molecule is O=C1CN=C(c2ncccn2)N1. The van der Waals surface area contributed by atoms with Crippen molar-refractivity contribution in [3.8, 4) is 0 Å². The Morgan fingerprint density at radius 3 is 2.67 bits per heavy atom. The minimum Gasteiger partial charge on any atom is -0.306 e. The molecule has 0 aromatic carbocycles. The van der Waals surface area contributed by atoms with E-state index in [-0.39, 0.29) is 12.5 Å². The van der Waals surface area contributed by atoms with Gasteiger partial charge in [0.2, 0.25) is 5.91 Å². The molecule has 5 heteroatoms. The topological polar surface area (TPSA) is 67.2 Å². The van der Waals surface area contributed by atoms with E-state index in [1.54, 1.807) is 18.5 Å². The van der Waals surface area contributed by atoms with E-state index in [9.17, 15) is 4.79 Å². The summed E-state index contributed by atoms with van der Waals surface area (Å²) in [5, 5.41) is 2.56. The summed E-state index contributed by atoms with van der Waals surface area (Å²) in [7, 11) is 0. The molecule has 0 saturated heterocycles. The smallest absolute Gasteiger partial charge is 0.247 e. The molecule has 2 heterocycles. The number of nitrogens with zero attached hydrogens (tertiary/aromatic N) is 3. The Labute approximate surface area is 68.6 Å². The number of hydrogen-bond donors (Lipinski definition) is 1. The predicted molar refractivity (Wildman–Crippen MR) is 41.6 cm³/mol. The lowest BCUT2D eigenvalue weighted by atomic mass is 10.5. The second kappa shape index (κ2) is 2.69. The molecule has 2 rings (SSSR count). The summed E-state index contributed by atoms with van der Waals surface area (Å²) in [5.41, 5.74) is 0. The lowest BCUT2D eigenvalue weighted by Gasteiger charge is -1.96. The van der Waals surface area contributed by atoms with Gasteiger partial charge in [0.05, 0.1) is 0 Å². The van der Waals surface area contributed by atoms with Crippen LogP contribution in [0, 0.1) is 0 Å². The fraction of sp³-hybridized carbons (Fsp3) is 0.143. The van der Waals surface area contributed by atoms with Crippen LogP contribution in [0.2, 0.25) is 0 Å². The number of amides is 1. The Morgan fingerprint density at radius 2 is 2.08 bits per heavy atom. The summed E-state index contributed by atoms with van der Waals surface area (Å²) in [6, 6.07) is 1.71. The molecule has 1 N–H and O–H groups in total. The van der Waals surface area contributed by atoms with Gasteiger partial charge in [-0.15, -0.1) is 0 Å². The van der Waals surface area contributed by atoms with E-state index in [1.807, 2.05) is 0 Å². The van der Waals surface area contributed by atoms with E-state index in [0.717, 1.165) is 0 Å². The molecule has 0 fully saturated rings. The van der Waals surface area contributed by atoms with Gasteiger partial charge in [-0.3, -0.25) is 9.79 Å². The summed E-state index contributed by atoms with van der Waals surface area (Å²) in [5.74, 6) is 0.807.